The van der Waals surface area contributed by atoms with Crippen molar-refractivity contribution in [2.45, 2.75) is 37.0 Å². The number of hydrogen-bond acceptors (Lipinski definition) is 7. The van der Waals surface area contributed by atoms with Crippen LogP contribution in [0.5, 0.6) is 0 Å². The summed E-state index contributed by atoms with van der Waals surface area (Å²) in [5.41, 5.74) is 0.0428. The van der Waals surface area contributed by atoms with Gasteiger partial charge < -0.3 is 19.4 Å². The first-order chi connectivity index (χ1) is 15.1. The minimum atomic E-state index is -5.06. The van der Waals surface area contributed by atoms with E-state index in [0.29, 0.717) is 30.2 Å². The van der Waals surface area contributed by atoms with E-state index in [1.807, 2.05) is 4.90 Å². The molecule has 2 aromatic heterocycles. The lowest BCUT2D eigenvalue weighted by molar-refractivity contribution is -0.258. The van der Waals surface area contributed by atoms with Gasteiger partial charge in [-0.25, -0.2) is 4.98 Å². The third-order valence-corrected chi connectivity index (χ3v) is 6.18. The molecule has 0 amide bonds. The number of alkyl halides is 6. The van der Waals surface area contributed by atoms with Crippen LogP contribution < -0.4 is 10.2 Å². The van der Waals surface area contributed by atoms with E-state index in [1.54, 1.807) is 5.38 Å². The molecule has 3 aliphatic rings. The second-order valence-corrected chi connectivity index (χ2v) is 8.69. The number of thiazole rings is 1. The number of anilines is 1. The molecule has 3 unspecified atom stereocenters. The van der Waals surface area contributed by atoms with E-state index in [2.05, 4.69) is 20.0 Å². The fourth-order valence-corrected chi connectivity index (χ4v) is 4.72. The number of benzene rings is 1. The van der Waals surface area contributed by atoms with Crippen molar-refractivity contribution in [3.05, 3.63) is 29.3 Å². The number of fused-ring (bicyclic) bond motifs is 3. The Labute approximate surface area is 181 Å². The quantitative estimate of drug-likeness (QED) is 0.538. The summed E-state index contributed by atoms with van der Waals surface area (Å²) in [6.45, 7) is -0.749. The molecule has 3 aromatic rings. The molecule has 3 atom stereocenters. The summed E-state index contributed by atoms with van der Waals surface area (Å²) in [4.78, 5) is 10.4. The molecule has 2 bridgehead atoms. The fraction of sp³-hybridized carbons (Fsp3) is 0.474. The highest BCUT2D eigenvalue weighted by atomic mass is 32.1. The third-order valence-electron chi connectivity index (χ3n) is 5.37. The van der Waals surface area contributed by atoms with Crippen LogP contribution in [0.15, 0.2) is 28.1 Å². The zero-order chi connectivity index (χ0) is 22.7. The number of rotatable bonds is 5. The smallest absolute Gasteiger partial charge is 0.418 e. The van der Waals surface area contributed by atoms with E-state index in [4.69, 9.17) is 4.42 Å². The molecule has 3 saturated heterocycles. The highest BCUT2D eigenvalue weighted by molar-refractivity contribution is 7.13. The predicted octanol–water partition coefficient (Wildman–Crippen LogP) is 4.68. The maximum Gasteiger partial charge on any atom is 0.418 e. The van der Waals surface area contributed by atoms with Crippen LogP contribution in [0.1, 0.15) is 18.1 Å². The van der Waals surface area contributed by atoms with Crippen LogP contribution in [0.3, 0.4) is 0 Å². The Morgan fingerprint density at radius 3 is 2.50 bits per heavy atom. The lowest BCUT2D eigenvalue weighted by Crippen LogP contribution is -2.67. The van der Waals surface area contributed by atoms with Gasteiger partial charge in [-0.15, -0.1) is 11.3 Å². The van der Waals surface area contributed by atoms with Gasteiger partial charge in [-0.2, -0.15) is 31.3 Å². The molecule has 3 aliphatic heterocycles. The van der Waals surface area contributed by atoms with Crippen LogP contribution in [0.4, 0.5) is 32.4 Å². The molecule has 13 heteroatoms. The normalized spacial score (nSPS) is 22.2. The summed E-state index contributed by atoms with van der Waals surface area (Å²) >= 11 is 1.16. The van der Waals surface area contributed by atoms with Gasteiger partial charge in [0.2, 0.25) is 0 Å². The highest BCUT2D eigenvalue weighted by Crippen LogP contribution is 2.42. The molecule has 3 fully saturated rings. The number of ether oxygens (including phenoxy) is 1. The topological polar surface area (TPSA) is 63.4 Å². The number of nitrogens with one attached hydrogen (secondary N) is 1. The van der Waals surface area contributed by atoms with Crippen molar-refractivity contribution in [3.8, 4) is 10.6 Å². The van der Waals surface area contributed by atoms with Crippen LogP contribution in [0.2, 0.25) is 0 Å². The average molecular weight is 478 g/mol. The molecular weight excluding hydrogens is 462 g/mol. The molecular formula is C19H16F6N4O2S. The van der Waals surface area contributed by atoms with Crippen LogP contribution >= 0.6 is 11.3 Å². The molecule has 0 aliphatic carbocycles. The Morgan fingerprint density at radius 1 is 1.19 bits per heavy atom. The van der Waals surface area contributed by atoms with Gasteiger partial charge in [0.1, 0.15) is 17.1 Å². The lowest BCUT2D eigenvalue weighted by atomic mass is 9.92. The van der Waals surface area contributed by atoms with Crippen LogP contribution in [-0.2, 0) is 4.74 Å². The second-order valence-electron chi connectivity index (χ2n) is 7.80. The molecule has 6 rings (SSSR count). The van der Waals surface area contributed by atoms with Gasteiger partial charge in [0.15, 0.2) is 11.7 Å². The first kappa shape index (κ1) is 21.5. The number of piperazine rings is 1. The minimum absolute atomic E-state index is 0.0970. The number of nitrogens with zero attached hydrogens (tertiary/aromatic N) is 3. The van der Waals surface area contributed by atoms with Crippen molar-refractivity contribution < 1.29 is 35.5 Å². The van der Waals surface area contributed by atoms with E-state index in [-0.39, 0.29) is 22.7 Å². The second kappa shape index (κ2) is 7.59. The van der Waals surface area contributed by atoms with Crippen molar-refractivity contribution in [2.24, 2.45) is 0 Å². The predicted molar refractivity (Wildman–Crippen MR) is 103 cm³/mol. The largest absolute Gasteiger partial charge is 0.423 e. The maximum absolute atomic E-state index is 13.6. The monoisotopic (exact) mass is 478 g/mol. The number of oxazole rings is 1. The molecule has 6 nitrogen and oxygen atoms in total. The molecule has 1 aromatic carbocycles. The lowest BCUT2D eigenvalue weighted by Gasteiger charge is -2.47. The van der Waals surface area contributed by atoms with Crippen molar-refractivity contribution in [1.82, 2.24) is 15.3 Å². The van der Waals surface area contributed by atoms with Crippen molar-refractivity contribution in [2.75, 3.05) is 24.6 Å². The van der Waals surface area contributed by atoms with Gasteiger partial charge in [0.05, 0.1) is 5.56 Å². The molecule has 1 N–H and O–H groups in total. The molecule has 5 heterocycles. The SMILES string of the molecule is FC(F)(F)COC(c1cc(-c2nccs2)c2oc(N3CC4CC(C3)N4)nc2c1)C(F)(F)F. The summed E-state index contributed by atoms with van der Waals surface area (Å²) in [6, 6.07) is 3.02. The first-order valence-electron chi connectivity index (χ1n) is 9.67. The number of hydrogen-bond donors (Lipinski definition) is 1. The number of aromatic nitrogens is 2. The summed E-state index contributed by atoms with van der Waals surface area (Å²) in [5.74, 6) is 0. The fourth-order valence-electron chi connectivity index (χ4n) is 4.07. The van der Waals surface area contributed by atoms with Crippen molar-refractivity contribution >= 4 is 28.5 Å². The summed E-state index contributed by atoms with van der Waals surface area (Å²) < 4.78 is 88.8. The molecule has 0 radical (unpaired) electrons. The summed E-state index contributed by atoms with van der Waals surface area (Å²) in [6.07, 6.45) is -10.2. The number of halogens is 6. The standard InChI is InChI=1S/C19H16F6N4O2S/c20-18(21,22)8-30-15(19(23,24)25)9-3-12(16-26-1-2-32-16)14-13(4-9)28-17(31-14)29-6-10-5-11(7-29)27-10/h1-4,10-11,15,27H,5-8H2. The highest BCUT2D eigenvalue weighted by Gasteiger charge is 2.45. The van der Waals surface area contributed by atoms with Gasteiger partial charge in [-0.3, -0.25) is 0 Å². The summed E-state index contributed by atoms with van der Waals surface area (Å²) in [5, 5.41) is 5.36. The van der Waals surface area contributed by atoms with Gasteiger partial charge in [0, 0.05) is 36.8 Å². The Bertz CT molecular complexity index is 1100. The molecule has 172 valence electrons. The molecule has 0 saturated carbocycles. The van der Waals surface area contributed by atoms with E-state index in [9.17, 15) is 26.3 Å². The Balaban J connectivity index is 1.58. The van der Waals surface area contributed by atoms with Crippen LogP contribution in [-0.4, -0.2) is 54.1 Å². The van der Waals surface area contributed by atoms with E-state index >= 15 is 0 Å². The van der Waals surface area contributed by atoms with Gasteiger partial charge in [-0.1, -0.05) is 0 Å². The van der Waals surface area contributed by atoms with E-state index in [1.165, 1.54) is 6.20 Å². The van der Waals surface area contributed by atoms with Crippen molar-refractivity contribution in [3.63, 3.8) is 0 Å². The molecule has 0 spiro atoms. The molecule has 32 heavy (non-hydrogen) atoms. The van der Waals surface area contributed by atoms with E-state index < -0.39 is 30.6 Å². The zero-order valence-corrected chi connectivity index (χ0v) is 17.0. The zero-order valence-electron chi connectivity index (χ0n) is 16.2. The van der Waals surface area contributed by atoms with Gasteiger partial charge in [0.25, 0.3) is 6.01 Å². The third kappa shape index (κ3) is 4.16. The minimum Gasteiger partial charge on any atom is -0.423 e. The average Bonchev–Trinajstić information content (AvgIpc) is 3.35. The Kier molecular flexibility index (Phi) is 5.09. The summed E-state index contributed by atoms with van der Waals surface area (Å²) in [7, 11) is 0. The first-order valence-corrected chi connectivity index (χ1v) is 10.6. The van der Waals surface area contributed by atoms with E-state index in [0.717, 1.165) is 29.9 Å². The maximum atomic E-state index is 13.6. The van der Waals surface area contributed by atoms with Gasteiger partial charge >= 0.3 is 12.4 Å². The van der Waals surface area contributed by atoms with Gasteiger partial charge in [-0.05, 0) is 24.1 Å². The van der Waals surface area contributed by atoms with Crippen LogP contribution in [0, 0.1) is 0 Å². The Hall–Kier alpha value is -2.38. The van der Waals surface area contributed by atoms with Crippen molar-refractivity contribution in [1.29, 1.82) is 0 Å². The van der Waals surface area contributed by atoms with Crippen LogP contribution in [0.25, 0.3) is 21.7 Å². The number of piperidine rings is 1. The Morgan fingerprint density at radius 2 is 1.91 bits per heavy atom.